The van der Waals surface area contributed by atoms with E-state index in [9.17, 15) is 18.3 Å². The highest BCUT2D eigenvalue weighted by molar-refractivity contribution is 7.89. The molecule has 0 amide bonds. The number of aryl methyl sites for hydroxylation is 1. The van der Waals surface area contributed by atoms with E-state index in [0.717, 1.165) is 19.3 Å². The number of carbonyl (C=O) groups is 1. The van der Waals surface area contributed by atoms with Gasteiger partial charge in [0.1, 0.15) is 16.0 Å². The average Bonchev–Trinajstić information content (AvgIpc) is 3.13. The summed E-state index contributed by atoms with van der Waals surface area (Å²) in [5, 5.41) is 14.1. The number of carboxylic acids is 1. The molecule has 1 saturated carbocycles. The average molecular weight is 399 g/mol. The summed E-state index contributed by atoms with van der Waals surface area (Å²) in [4.78, 5) is 15.8. The number of aromatic nitrogens is 3. The SMILES string of the molecule is Cc1nn2cc(S(=O)(=O)N3C(C(=O)O)CC4CCCCC43)cnc2c1Cl. The van der Waals surface area contributed by atoms with Crippen LogP contribution in [-0.4, -0.2) is 50.5 Å². The summed E-state index contributed by atoms with van der Waals surface area (Å²) >= 11 is 6.11. The van der Waals surface area contributed by atoms with Gasteiger partial charge in [0.15, 0.2) is 5.65 Å². The Hall–Kier alpha value is -1.71. The molecule has 3 atom stereocenters. The van der Waals surface area contributed by atoms with Crippen LogP contribution in [0, 0.1) is 12.8 Å². The molecule has 2 aliphatic rings. The predicted octanol–water partition coefficient (Wildman–Crippen LogP) is 2.10. The van der Waals surface area contributed by atoms with Crippen LogP contribution in [0.25, 0.3) is 5.65 Å². The maximum Gasteiger partial charge on any atom is 0.322 e. The van der Waals surface area contributed by atoms with Crippen LogP contribution < -0.4 is 0 Å². The van der Waals surface area contributed by atoms with Gasteiger partial charge in [-0.3, -0.25) is 4.79 Å². The van der Waals surface area contributed by atoms with E-state index in [4.69, 9.17) is 11.6 Å². The molecule has 1 N–H and O–H groups in total. The Morgan fingerprint density at radius 2 is 2.08 bits per heavy atom. The van der Waals surface area contributed by atoms with Gasteiger partial charge in [-0.1, -0.05) is 24.4 Å². The molecule has 1 saturated heterocycles. The standard InChI is InChI=1S/C16H19ClN4O4S/c1-9-14(17)15-18-7-11(8-20(15)19-9)26(24,25)21-12-5-3-2-4-10(12)6-13(21)16(22)23/h7-8,10,12-13H,2-6H2,1H3,(H,22,23). The number of sulfonamides is 1. The molecule has 2 aromatic rings. The molecule has 1 aliphatic heterocycles. The third-order valence-corrected chi connectivity index (χ3v) is 7.77. The van der Waals surface area contributed by atoms with Crippen LogP contribution in [0.15, 0.2) is 17.3 Å². The lowest BCUT2D eigenvalue weighted by molar-refractivity contribution is -0.141. The molecular formula is C16H19ClN4O4S. The number of aliphatic carboxylic acids is 1. The molecule has 26 heavy (non-hydrogen) atoms. The first-order valence-corrected chi connectivity index (χ1v) is 10.4. The van der Waals surface area contributed by atoms with Crippen molar-refractivity contribution in [2.45, 2.75) is 56.0 Å². The van der Waals surface area contributed by atoms with Gasteiger partial charge in [-0.15, -0.1) is 0 Å². The van der Waals surface area contributed by atoms with Gasteiger partial charge in [0.05, 0.1) is 18.1 Å². The summed E-state index contributed by atoms with van der Waals surface area (Å²) in [6.07, 6.45) is 6.42. The van der Waals surface area contributed by atoms with Crippen molar-refractivity contribution in [2.24, 2.45) is 5.92 Å². The molecule has 3 unspecified atom stereocenters. The fourth-order valence-corrected chi connectivity index (χ4v) is 6.21. The van der Waals surface area contributed by atoms with Crippen LogP contribution >= 0.6 is 11.6 Å². The largest absolute Gasteiger partial charge is 0.480 e. The second-order valence-corrected chi connectivity index (χ2v) is 9.21. The van der Waals surface area contributed by atoms with Crippen molar-refractivity contribution < 1.29 is 18.3 Å². The highest BCUT2D eigenvalue weighted by atomic mass is 35.5. The summed E-state index contributed by atoms with van der Waals surface area (Å²) in [5.41, 5.74) is 0.917. The molecule has 8 nitrogen and oxygen atoms in total. The molecule has 0 spiro atoms. The molecule has 0 bridgehead atoms. The summed E-state index contributed by atoms with van der Waals surface area (Å²) in [5.74, 6) is -1.01. The normalized spacial score (nSPS) is 26.9. The van der Waals surface area contributed by atoms with E-state index < -0.39 is 22.0 Å². The van der Waals surface area contributed by atoms with Crippen molar-refractivity contribution in [3.05, 3.63) is 23.1 Å². The maximum absolute atomic E-state index is 13.3. The third kappa shape index (κ3) is 2.60. The van der Waals surface area contributed by atoms with Crippen LogP contribution in [0.5, 0.6) is 0 Å². The van der Waals surface area contributed by atoms with Crippen LogP contribution in [0.3, 0.4) is 0 Å². The van der Waals surface area contributed by atoms with E-state index in [-0.39, 0.29) is 16.9 Å². The van der Waals surface area contributed by atoms with Crippen molar-refractivity contribution in [2.75, 3.05) is 0 Å². The first-order valence-electron chi connectivity index (χ1n) is 8.57. The number of fused-ring (bicyclic) bond motifs is 2. The monoisotopic (exact) mass is 398 g/mol. The van der Waals surface area contributed by atoms with E-state index >= 15 is 0 Å². The van der Waals surface area contributed by atoms with Crippen molar-refractivity contribution >= 4 is 33.2 Å². The minimum absolute atomic E-state index is 0.0679. The Bertz CT molecular complexity index is 990. The lowest BCUT2D eigenvalue weighted by Gasteiger charge is -2.31. The van der Waals surface area contributed by atoms with Gasteiger partial charge in [-0.05, 0) is 32.1 Å². The minimum Gasteiger partial charge on any atom is -0.480 e. The lowest BCUT2D eigenvalue weighted by Crippen LogP contribution is -2.46. The highest BCUT2D eigenvalue weighted by Crippen LogP contribution is 2.42. The molecular weight excluding hydrogens is 380 g/mol. The third-order valence-electron chi connectivity index (χ3n) is 5.44. The van der Waals surface area contributed by atoms with E-state index in [1.54, 1.807) is 6.92 Å². The van der Waals surface area contributed by atoms with Crippen LogP contribution in [0.2, 0.25) is 5.02 Å². The van der Waals surface area contributed by atoms with Gasteiger partial charge in [0, 0.05) is 6.04 Å². The quantitative estimate of drug-likeness (QED) is 0.848. The zero-order valence-corrected chi connectivity index (χ0v) is 15.7. The topological polar surface area (TPSA) is 105 Å². The predicted molar refractivity (Wildman–Crippen MR) is 93.5 cm³/mol. The van der Waals surface area contributed by atoms with Crippen molar-refractivity contribution in [1.29, 1.82) is 0 Å². The molecule has 140 valence electrons. The zero-order valence-electron chi connectivity index (χ0n) is 14.2. The summed E-state index contributed by atoms with van der Waals surface area (Å²) in [6, 6.07) is -1.31. The fourth-order valence-electron chi connectivity index (χ4n) is 4.23. The van der Waals surface area contributed by atoms with Gasteiger partial charge in [-0.2, -0.15) is 9.40 Å². The molecule has 0 radical (unpaired) electrons. The van der Waals surface area contributed by atoms with Gasteiger partial charge < -0.3 is 5.11 Å². The molecule has 10 heteroatoms. The zero-order chi connectivity index (χ0) is 18.6. The molecule has 4 rings (SSSR count). The number of hydrogen-bond acceptors (Lipinski definition) is 5. The lowest BCUT2D eigenvalue weighted by atomic mass is 9.85. The number of nitrogens with zero attached hydrogens (tertiary/aromatic N) is 4. The van der Waals surface area contributed by atoms with Gasteiger partial charge in [0.25, 0.3) is 0 Å². The first-order chi connectivity index (χ1) is 12.3. The summed E-state index contributed by atoms with van der Waals surface area (Å²) in [6.45, 7) is 1.71. The number of rotatable bonds is 3. The van der Waals surface area contributed by atoms with E-state index in [2.05, 4.69) is 10.1 Å². The Kier molecular flexibility index (Phi) is 4.20. The second-order valence-electron chi connectivity index (χ2n) is 6.99. The Morgan fingerprint density at radius 1 is 1.35 bits per heavy atom. The van der Waals surface area contributed by atoms with Crippen molar-refractivity contribution in [3.63, 3.8) is 0 Å². The van der Waals surface area contributed by atoms with Crippen LogP contribution in [0.4, 0.5) is 0 Å². The minimum atomic E-state index is -4.01. The molecule has 1 aliphatic carbocycles. The number of hydrogen-bond donors (Lipinski definition) is 1. The fraction of sp³-hybridized carbons (Fsp3) is 0.562. The smallest absolute Gasteiger partial charge is 0.322 e. The van der Waals surface area contributed by atoms with Gasteiger partial charge in [-0.25, -0.2) is 17.9 Å². The Morgan fingerprint density at radius 3 is 2.81 bits per heavy atom. The highest BCUT2D eigenvalue weighted by Gasteiger charge is 2.51. The Labute approximate surface area is 155 Å². The van der Waals surface area contributed by atoms with E-state index in [1.807, 2.05) is 0 Å². The van der Waals surface area contributed by atoms with Gasteiger partial charge in [0.2, 0.25) is 10.0 Å². The van der Waals surface area contributed by atoms with Crippen LogP contribution in [-0.2, 0) is 14.8 Å². The van der Waals surface area contributed by atoms with Crippen molar-refractivity contribution in [3.8, 4) is 0 Å². The van der Waals surface area contributed by atoms with Crippen LogP contribution in [0.1, 0.15) is 37.8 Å². The number of halogens is 1. The van der Waals surface area contributed by atoms with Crippen molar-refractivity contribution in [1.82, 2.24) is 18.9 Å². The van der Waals surface area contributed by atoms with Gasteiger partial charge >= 0.3 is 5.97 Å². The maximum atomic E-state index is 13.3. The van der Waals surface area contributed by atoms with E-state index in [1.165, 1.54) is 21.2 Å². The number of carboxylic acid groups (broad SMARTS) is 1. The second kappa shape index (κ2) is 6.17. The Balaban J connectivity index is 1.80. The van der Waals surface area contributed by atoms with E-state index in [0.29, 0.717) is 29.2 Å². The molecule has 2 fully saturated rings. The first kappa shape index (κ1) is 17.7. The summed E-state index contributed by atoms with van der Waals surface area (Å²) in [7, 11) is -4.01. The molecule has 0 aromatic carbocycles. The molecule has 2 aromatic heterocycles. The summed E-state index contributed by atoms with van der Waals surface area (Å²) < 4.78 is 29.1. The molecule has 3 heterocycles.